The van der Waals surface area contributed by atoms with Gasteiger partial charge in [-0.15, -0.1) is 0 Å². The molecular formula is C9H17NO2. The highest BCUT2D eigenvalue weighted by Crippen LogP contribution is 2.18. The first-order valence-corrected chi connectivity index (χ1v) is 4.70. The highest BCUT2D eigenvalue weighted by Gasteiger charge is 2.29. The van der Waals surface area contributed by atoms with Gasteiger partial charge in [-0.1, -0.05) is 6.92 Å². The molecule has 1 amide bonds. The molecule has 1 rings (SSSR count). The fourth-order valence-electron chi connectivity index (χ4n) is 1.51. The predicted molar refractivity (Wildman–Crippen MR) is 46.7 cm³/mol. The molecule has 70 valence electrons. The molecule has 12 heavy (non-hydrogen) atoms. The number of nitrogens with zero attached hydrogens (tertiary/aromatic N) is 1. The van der Waals surface area contributed by atoms with Gasteiger partial charge in [0.05, 0.1) is 0 Å². The molecule has 0 aromatic carbocycles. The van der Waals surface area contributed by atoms with E-state index in [0.29, 0.717) is 6.42 Å². The molecule has 0 aliphatic carbocycles. The van der Waals surface area contributed by atoms with E-state index in [1.165, 1.54) is 0 Å². The fourth-order valence-corrected chi connectivity index (χ4v) is 1.51. The number of carbonyl (C=O) groups is 1. The Hall–Kier alpha value is -0.570. The molecule has 1 unspecified atom stereocenters. The second kappa shape index (κ2) is 4.45. The highest BCUT2D eigenvalue weighted by atomic mass is 16.5. The maximum atomic E-state index is 11.2. The van der Waals surface area contributed by atoms with Gasteiger partial charge in [0.25, 0.3) is 0 Å². The third kappa shape index (κ3) is 1.97. The molecule has 1 heterocycles. The monoisotopic (exact) mass is 171 g/mol. The van der Waals surface area contributed by atoms with Crippen molar-refractivity contribution in [2.75, 3.05) is 13.2 Å². The zero-order chi connectivity index (χ0) is 8.97. The van der Waals surface area contributed by atoms with Gasteiger partial charge >= 0.3 is 0 Å². The third-order valence-electron chi connectivity index (χ3n) is 2.13. The summed E-state index contributed by atoms with van der Waals surface area (Å²) in [5.41, 5.74) is 0. The molecule has 1 saturated heterocycles. The van der Waals surface area contributed by atoms with Gasteiger partial charge in [-0.3, -0.25) is 4.79 Å². The number of rotatable bonds is 4. The van der Waals surface area contributed by atoms with Gasteiger partial charge < -0.3 is 9.64 Å². The zero-order valence-corrected chi connectivity index (χ0v) is 7.88. The van der Waals surface area contributed by atoms with E-state index in [4.69, 9.17) is 4.74 Å². The maximum Gasteiger partial charge on any atom is 0.224 e. The number of carbonyl (C=O) groups excluding carboxylic acids is 1. The minimum absolute atomic E-state index is 0.0578. The van der Waals surface area contributed by atoms with E-state index in [2.05, 4.69) is 6.92 Å². The van der Waals surface area contributed by atoms with E-state index in [9.17, 15) is 4.79 Å². The molecule has 0 aromatic rings. The van der Waals surface area contributed by atoms with Crippen LogP contribution >= 0.6 is 0 Å². The van der Waals surface area contributed by atoms with Crippen LogP contribution in [-0.2, 0) is 9.53 Å². The summed E-state index contributed by atoms with van der Waals surface area (Å²) in [6.07, 6.45) is 2.60. The van der Waals surface area contributed by atoms with Gasteiger partial charge in [0.15, 0.2) is 0 Å². The number of likely N-dealkylation sites (tertiary alicyclic amines) is 1. The van der Waals surface area contributed by atoms with Gasteiger partial charge in [-0.25, -0.2) is 0 Å². The third-order valence-corrected chi connectivity index (χ3v) is 2.13. The Morgan fingerprint density at radius 3 is 2.92 bits per heavy atom. The van der Waals surface area contributed by atoms with Crippen molar-refractivity contribution in [1.82, 2.24) is 4.90 Å². The lowest BCUT2D eigenvalue weighted by molar-refractivity contribution is -0.135. The van der Waals surface area contributed by atoms with Crippen LogP contribution in [0.4, 0.5) is 0 Å². The molecule has 1 aliphatic heterocycles. The number of hydrogen-bond donors (Lipinski definition) is 0. The van der Waals surface area contributed by atoms with Crippen molar-refractivity contribution in [3.05, 3.63) is 0 Å². The second-order valence-electron chi connectivity index (χ2n) is 3.04. The van der Waals surface area contributed by atoms with Gasteiger partial charge in [0, 0.05) is 26.0 Å². The highest BCUT2D eigenvalue weighted by molar-refractivity contribution is 5.78. The van der Waals surface area contributed by atoms with Crippen LogP contribution in [0.25, 0.3) is 0 Å². The summed E-state index contributed by atoms with van der Waals surface area (Å²) in [7, 11) is 0. The van der Waals surface area contributed by atoms with Gasteiger partial charge in [-0.2, -0.15) is 0 Å². The van der Waals surface area contributed by atoms with Crippen LogP contribution < -0.4 is 0 Å². The maximum absolute atomic E-state index is 11.2. The Kier molecular flexibility index (Phi) is 3.53. The van der Waals surface area contributed by atoms with Crippen molar-refractivity contribution in [2.45, 2.75) is 39.3 Å². The summed E-state index contributed by atoms with van der Waals surface area (Å²) in [6, 6.07) is 0. The quantitative estimate of drug-likeness (QED) is 0.639. The van der Waals surface area contributed by atoms with Crippen LogP contribution in [-0.4, -0.2) is 30.2 Å². The average molecular weight is 171 g/mol. The molecule has 0 bridgehead atoms. The molecule has 0 aromatic heterocycles. The molecule has 0 N–H and O–H groups in total. The average Bonchev–Trinajstić information content (AvgIpc) is 2.43. The van der Waals surface area contributed by atoms with E-state index < -0.39 is 0 Å². The summed E-state index contributed by atoms with van der Waals surface area (Å²) < 4.78 is 5.53. The second-order valence-corrected chi connectivity index (χ2v) is 3.04. The lowest BCUT2D eigenvalue weighted by atomic mass is 10.3. The van der Waals surface area contributed by atoms with E-state index >= 15 is 0 Å². The smallest absolute Gasteiger partial charge is 0.224 e. The first-order valence-electron chi connectivity index (χ1n) is 4.70. The minimum atomic E-state index is 0.0578. The minimum Gasteiger partial charge on any atom is -0.358 e. The van der Waals surface area contributed by atoms with Crippen molar-refractivity contribution in [3.8, 4) is 0 Å². The normalized spacial score (nSPS) is 23.7. The Morgan fingerprint density at radius 2 is 2.33 bits per heavy atom. The van der Waals surface area contributed by atoms with Gasteiger partial charge in [0.2, 0.25) is 5.91 Å². The first kappa shape index (κ1) is 9.52. The number of amides is 1. The van der Waals surface area contributed by atoms with Crippen LogP contribution in [0, 0.1) is 0 Å². The van der Waals surface area contributed by atoms with Gasteiger partial charge in [0.1, 0.15) is 6.23 Å². The lowest BCUT2D eigenvalue weighted by Gasteiger charge is -2.22. The molecule has 3 heteroatoms. The molecule has 1 atom stereocenters. The molecule has 1 fully saturated rings. The lowest BCUT2D eigenvalue weighted by Crippen LogP contribution is -2.34. The summed E-state index contributed by atoms with van der Waals surface area (Å²) in [4.78, 5) is 13.0. The van der Waals surface area contributed by atoms with Crippen LogP contribution in [0.2, 0.25) is 0 Å². The van der Waals surface area contributed by atoms with Gasteiger partial charge in [-0.05, 0) is 13.3 Å². The standard InChI is InChI=1S/C9H17NO2/c1-3-7-12-9-6-5-8(11)10(9)4-2/h9H,3-7H2,1-2H3. The Bertz CT molecular complexity index is 159. The largest absolute Gasteiger partial charge is 0.358 e. The van der Waals surface area contributed by atoms with Crippen molar-refractivity contribution in [1.29, 1.82) is 0 Å². The molecule has 3 nitrogen and oxygen atoms in total. The first-order chi connectivity index (χ1) is 5.79. The van der Waals surface area contributed by atoms with Crippen molar-refractivity contribution in [2.24, 2.45) is 0 Å². The summed E-state index contributed by atoms with van der Waals surface area (Å²) in [5, 5.41) is 0. The molecule has 0 radical (unpaired) electrons. The van der Waals surface area contributed by atoms with E-state index in [0.717, 1.165) is 26.0 Å². The van der Waals surface area contributed by atoms with Crippen LogP contribution in [0.15, 0.2) is 0 Å². The van der Waals surface area contributed by atoms with Crippen LogP contribution in [0.3, 0.4) is 0 Å². The van der Waals surface area contributed by atoms with E-state index in [-0.39, 0.29) is 12.1 Å². The molecule has 0 spiro atoms. The Balaban J connectivity index is 2.38. The zero-order valence-electron chi connectivity index (χ0n) is 7.88. The fraction of sp³-hybridized carbons (Fsp3) is 0.889. The van der Waals surface area contributed by atoms with Crippen molar-refractivity contribution < 1.29 is 9.53 Å². The Labute approximate surface area is 73.7 Å². The van der Waals surface area contributed by atoms with Crippen molar-refractivity contribution in [3.63, 3.8) is 0 Å². The molecule has 1 aliphatic rings. The molecular weight excluding hydrogens is 154 g/mol. The van der Waals surface area contributed by atoms with Crippen molar-refractivity contribution >= 4 is 5.91 Å². The molecule has 0 saturated carbocycles. The van der Waals surface area contributed by atoms with Crippen LogP contribution in [0.1, 0.15) is 33.1 Å². The summed E-state index contributed by atoms with van der Waals surface area (Å²) in [5.74, 6) is 0.235. The SMILES string of the molecule is CCCOC1CCC(=O)N1CC. The number of hydrogen-bond acceptors (Lipinski definition) is 2. The van der Waals surface area contributed by atoms with E-state index in [1.54, 1.807) is 0 Å². The summed E-state index contributed by atoms with van der Waals surface area (Å²) in [6.45, 7) is 5.60. The predicted octanol–water partition coefficient (Wildman–Crippen LogP) is 1.38. The van der Waals surface area contributed by atoms with Crippen LogP contribution in [0.5, 0.6) is 0 Å². The Morgan fingerprint density at radius 1 is 1.58 bits per heavy atom. The topological polar surface area (TPSA) is 29.5 Å². The number of ether oxygens (including phenoxy) is 1. The van der Waals surface area contributed by atoms with E-state index in [1.807, 2.05) is 11.8 Å². The summed E-state index contributed by atoms with van der Waals surface area (Å²) >= 11 is 0.